The largest absolute Gasteiger partial charge is 0.377 e. The van der Waals surface area contributed by atoms with Crippen molar-refractivity contribution >= 4 is 0 Å². The highest BCUT2D eigenvalue weighted by molar-refractivity contribution is 5.30. The van der Waals surface area contributed by atoms with Crippen LogP contribution in [-0.2, 0) is 11.3 Å². The molecule has 2 rings (SSSR count). The zero-order chi connectivity index (χ0) is 12.3. The summed E-state index contributed by atoms with van der Waals surface area (Å²) in [5, 5.41) is 9.07. The molecule has 0 N–H and O–H groups in total. The number of hydrogen-bond acceptors (Lipinski definition) is 3. The Kier molecular flexibility index (Phi) is 3.78. The Hall–Kier alpha value is -1.37. The minimum Gasteiger partial charge on any atom is -0.377 e. The number of ether oxygens (including phenoxy) is 1. The number of nitrogens with zero attached hydrogens (tertiary/aromatic N) is 2. The van der Waals surface area contributed by atoms with Gasteiger partial charge in [-0.25, -0.2) is 0 Å². The van der Waals surface area contributed by atoms with Crippen LogP contribution in [0.3, 0.4) is 0 Å². The second-order valence-electron chi connectivity index (χ2n) is 4.61. The Labute approximate surface area is 103 Å². The van der Waals surface area contributed by atoms with Crippen LogP contribution >= 0.6 is 0 Å². The zero-order valence-electron chi connectivity index (χ0n) is 10.4. The van der Waals surface area contributed by atoms with Crippen LogP contribution in [0.25, 0.3) is 0 Å². The lowest BCUT2D eigenvalue weighted by Gasteiger charge is -2.31. The molecule has 90 valence electrons. The second-order valence-corrected chi connectivity index (χ2v) is 4.61. The summed E-state index contributed by atoms with van der Waals surface area (Å²) in [6, 6.07) is 8.69. The third kappa shape index (κ3) is 2.85. The molecule has 1 atom stereocenters. The fourth-order valence-corrected chi connectivity index (χ4v) is 2.08. The second kappa shape index (κ2) is 5.31. The molecule has 1 heterocycles. The maximum atomic E-state index is 9.07. The van der Waals surface area contributed by atoms with Gasteiger partial charge in [0.2, 0.25) is 0 Å². The van der Waals surface area contributed by atoms with Gasteiger partial charge in [-0.1, -0.05) is 18.2 Å². The minimum absolute atomic E-state index is 0.106. The van der Waals surface area contributed by atoms with Gasteiger partial charge >= 0.3 is 0 Å². The van der Waals surface area contributed by atoms with Crippen molar-refractivity contribution in [1.82, 2.24) is 4.90 Å². The summed E-state index contributed by atoms with van der Waals surface area (Å²) in [6.07, 6.45) is 0. The summed E-state index contributed by atoms with van der Waals surface area (Å²) in [4.78, 5) is 2.19. The maximum Gasteiger partial charge on any atom is 0.122 e. The van der Waals surface area contributed by atoms with Crippen molar-refractivity contribution in [3.05, 3.63) is 34.9 Å². The Morgan fingerprint density at radius 1 is 1.41 bits per heavy atom. The maximum absolute atomic E-state index is 9.07. The summed E-state index contributed by atoms with van der Waals surface area (Å²) in [5.74, 6) is 0. The first-order chi connectivity index (χ1) is 8.20. The Bertz CT molecular complexity index is 436. The van der Waals surface area contributed by atoms with E-state index in [0.29, 0.717) is 6.61 Å². The summed E-state index contributed by atoms with van der Waals surface area (Å²) in [5.41, 5.74) is 3.90. The SMILES string of the molecule is Cc1ccc(CN2CCOC[C@@H]2C#N)cc1C. The van der Waals surface area contributed by atoms with Crippen molar-refractivity contribution < 1.29 is 4.74 Å². The van der Waals surface area contributed by atoms with Crippen LogP contribution in [-0.4, -0.2) is 30.7 Å². The molecule has 1 aromatic rings. The van der Waals surface area contributed by atoms with Crippen molar-refractivity contribution in [2.75, 3.05) is 19.8 Å². The lowest BCUT2D eigenvalue weighted by Crippen LogP contribution is -2.43. The Morgan fingerprint density at radius 2 is 2.24 bits per heavy atom. The van der Waals surface area contributed by atoms with E-state index in [9.17, 15) is 0 Å². The van der Waals surface area contributed by atoms with E-state index in [4.69, 9.17) is 10.00 Å². The first-order valence-corrected chi connectivity index (χ1v) is 5.98. The van der Waals surface area contributed by atoms with Gasteiger partial charge in [0, 0.05) is 13.1 Å². The van der Waals surface area contributed by atoms with Gasteiger partial charge in [-0.05, 0) is 30.5 Å². The number of aryl methyl sites for hydroxylation is 2. The van der Waals surface area contributed by atoms with Gasteiger partial charge in [0.15, 0.2) is 0 Å². The van der Waals surface area contributed by atoms with Crippen molar-refractivity contribution in [2.45, 2.75) is 26.4 Å². The van der Waals surface area contributed by atoms with E-state index in [1.165, 1.54) is 16.7 Å². The molecule has 0 saturated carbocycles. The molecule has 0 bridgehead atoms. The molecule has 1 aromatic carbocycles. The third-order valence-electron chi connectivity index (χ3n) is 3.35. The van der Waals surface area contributed by atoms with Crippen molar-refractivity contribution in [3.8, 4) is 6.07 Å². The van der Waals surface area contributed by atoms with Crippen molar-refractivity contribution in [2.24, 2.45) is 0 Å². The predicted octanol–water partition coefficient (Wildman–Crippen LogP) is 2.03. The van der Waals surface area contributed by atoms with Crippen molar-refractivity contribution in [1.29, 1.82) is 5.26 Å². The molecular weight excluding hydrogens is 212 g/mol. The van der Waals surface area contributed by atoms with E-state index in [0.717, 1.165) is 19.7 Å². The van der Waals surface area contributed by atoms with Crippen molar-refractivity contribution in [3.63, 3.8) is 0 Å². The number of nitriles is 1. The summed E-state index contributed by atoms with van der Waals surface area (Å²) in [6.45, 7) is 7.17. The smallest absolute Gasteiger partial charge is 0.122 e. The van der Waals surface area contributed by atoms with Gasteiger partial charge < -0.3 is 4.74 Å². The van der Waals surface area contributed by atoms with E-state index in [2.05, 4.69) is 43.0 Å². The van der Waals surface area contributed by atoms with E-state index in [-0.39, 0.29) is 6.04 Å². The topological polar surface area (TPSA) is 36.3 Å². The Morgan fingerprint density at radius 3 is 2.94 bits per heavy atom. The van der Waals surface area contributed by atoms with Crippen LogP contribution in [0.4, 0.5) is 0 Å². The fraction of sp³-hybridized carbons (Fsp3) is 0.500. The van der Waals surface area contributed by atoms with Crippen LogP contribution < -0.4 is 0 Å². The molecule has 0 radical (unpaired) electrons. The molecule has 1 aliphatic heterocycles. The molecule has 1 saturated heterocycles. The zero-order valence-corrected chi connectivity index (χ0v) is 10.4. The molecule has 0 aliphatic carbocycles. The average Bonchev–Trinajstić information content (AvgIpc) is 2.34. The van der Waals surface area contributed by atoms with Gasteiger partial charge in [0.25, 0.3) is 0 Å². The van der Waals surface area contributed by atoms with E-state index >= 15 is 0 Å². The molecule has 17 heavy (non-hydrogen) atoms. The highest BCUT2D eigenvalue weighted by Gasteiger charge is 2.22. The summed E-state index contributed by atoms with van der Waals surface area (Å²) >= 11 is 0. The molecule has 0 amide bonds. The highest BCUT2D eigenvalue weighted by Crippen LogP contribution is 2.15. The molecule has 3 heteroatoms. The molecule has 1 aliphatic rings. The number of morpholine rings is 1. The van der Waals surface area contributed by atoms with Crippen LogP contribution in [0.15, 0.2) is 18.2 Å². The Balaban J connectivity index is 2.09. The lowest BCUT2D eigenvalue weighted by molar-refractivity contribution is 0.00889. The van der Waals surface area contributed by atoms with Gasteiger partial charge in [-0.3, -0.25) is 4.90 Å². The van der Waals surface area contributed by atoms with E-state index < -0.39 is 0 Å². The lowest BCUT2D eigenvalue weighted by atomic mass is 10.1. The molecule has 0 spiro atoms. The third-order valence-corrected chi connectivity index (χ3v) is 3.35. The first-order valence-electron chi connectivity index (χ1n) is 5.98. The average molecular weight is 230 g/mol. The molecule has 3 nitrogen and oxygen atoms in total. The van der Waals surface area contributed by atoms with E-state index in [1.807, 2.05) is 0 Å². The number of benzene rings is 1. The molecule has 0 aromatic heterocycles. The van der Waals surface area contributed by atoms with Crippen LogP contribution in [0.5, 0.6) is 0 Å². The quantitative estimate of drug-likeness (QED) is 0.780. The van der Waals surface area contributed by atoms with Crippen LogP contribution in [0.1, 0.15) is 16.7 Å². The number of rotatable bonds is 2. The molecule has 1 fully saturated rings. The predicted molar refractivity (Wildman–Crippen MR) is 66.5 cm³/mol. The fourth-order valence-electron chi connectivity index (χ4n) is 2.08. The van der Waals surface area contributed by atoms with Crippen LogP contribution in [0, 0.1) is 25.2 Å². The van der Waals surface area contributed by atoms with Gasteiger partial charge in [0.1, 0.15) is 6.04 Å². The molecule has 0 unspecified atom stereocenters. The molecular formula is C14H18N2O. The normalized spacial score (nSPS) is 21.1. The minimum atomic E-state index is -0.106. The first kappa shape index (κ1) is 12.1. The summed E-state index contributed by atoms with van der Waals surface area (Å²) < 4.78 is 5.32. The van der Waals surface area contributed by atoms with Crippen LogP contribution in [0.2, 0.25) is 0 Å². The van der Waals surface area contributed by atoms with Gasteiger partial charge in [-0.2, -0.15) is 5.26 Å². The van der Waals surface area contributed by atoms with E-state index in [1.54, 1.807) is 0 Å². The number of hydrogen-bond donors (Lipinski definition) is 0. The monoisotopic (exact) mass is 230 g/mol. The highest BCUT2D eigenvalue weighted by atomic mass is 16.5. The standard InChI is InChI=1S/C14H18N2O/c1-11-3-4-13(7-12(11)2)9-16-5-6-17-10-14(16)8-15/h3-4,7,14H,5-6,9-10H2,1-2H3/t14-/m0/s1. The van der Waals surface area contributed by atoms with Gasteiger partial charge in [0.05, 0.1) is 19.3 Å². The summed E-state index contributed by atoms with van der Waals surface area (Å²) in [7, 11) is 0. The van der Waals surface area contributed by atoms with Gasteiger partial charge in [-0.15, -0.1) is 0 Å².